The third kappa shape index (κ3) is 6.40. The van der Waals surface area contributed by atoms with Crippen molar-refractivity contribution in [2.45, 2.75) is 71.5 Å². The van der Waals surface area contributed by atoms with Crippen LogP contribution >= 0.6 is 0 Å². The quantitative estimate of drug-likeness (QED) is 0.490. The lowest BCUT2D eigenvalue weighted by atomic mass is 9.95. The summed E-state index contributed by atoms with van der Waals surface area (Å²) in [5, 5.41) is 3.11. The van der Waals surface area contributed by atoms with Gasteiger partial charge in [0.2, 0.25) is 28.6 Å². The number of aryl methyl sites for hydroxylation is 1. The van der Waals surface area contributed by atoms with E-state index in [2.05, 4.69) is 5.32 Å². The van der Waals surface area contributed by atoms with E-state index in [1.165, 1.54) is 18.2 Å². The third-order valence-electron chi connectivity index (χ3n) is 7.34. The number of anilines is 1. The Kier molecular flexibility index (Phi) is 8.81. The Morgan fingerprint density at radius 2 is 1.76 bits per heavy atom. The zero-order valence-electron chi connectivity index (χ0n) is 22.3. The van der Waals surface area contributed by atoms with Crippen molar-refractivity contribution in [3.05, 3.63) is 53.6 Å². The van der Waals surface area contributed by atoms with Gasteiger partial charge < -0.3 is 19.7 Å². The standard InChI is InChI=1S/C28H37N3O6S/c1-4-38(34,35)31(24-14-15-25-26(16-24)37-19-36-25)18-27(32)30(17-22-11-9-8-10-20(22)2)21(3)28(33)29-23-12-6-5-7-13-23/h8-11,14-16,21,23H,4-7,12-13,17-19H2,1-3H3,(H,29,33)/t21-/m1/s1. The van der Waals surface area contributed by atoms with E-state index in [1.54, 1.807) is 25.1 Å². The largest absolute Gasteiger partial charge is 0.454 e. The first-order chi connectivity index (χ1) is 18.2. The van der Waals surface area contributed by atoms with Crippen molar-refractivity contribution in [3.8, 4) is 11.5 Å². The molecule has 4 rings (SSSR count). The van der Waals surface area contributed by atoms with Gasteiger partial charge in [0.15, 0.2) is 11.5 Å². The molecule has 0 radical (unpaired) electrons. The van der Waals surface area contributed by atoms with E-state index in [4.69, 9.17) is 9.47 Å². The Hall–Kier alpha value is -3.27. The molecule has 2 aliphatic rings. The molecule has 1 aliphatic heterocycles. The van der Waals surface area contributed by atoms with Crippen LogP contribution in [0.25, 0.3) is 0 Å². The number of rotatable bonds is 10. The molecule has 2 aromatic rings. The van der Waals surface area contributed by atoms with Crippen molar-refractivity contribution in [1.82, 2.24) is 10.2 Å². The maximum atomic E-state index is 13.9. The molecule has 1 saturated carbocycles. The number of hydrogen-bond donors (Lipinski definition) is 1. The van der Waals surface area contributed by atoms with E-state index in [9.17, 15) is 18.0 Å². The first-order valence-electron chi connectivity index (χ1n) is 13.2. The topological polar surface area (TPSA) is 105 Å². The van der Waals surface area contributed by atoms with E-state index in [0.717, 1.165) is 41.1 Å². The molecule has 0 bridgehead atoms. The van der Waals surface area contributed by atoms with Crippen molar-refractivity contribution >= 4 is 27.5 Å². The minimum atomic E-state index is -3.82. The average molecular weight is 544 g/mol. The first kappa shape index (κ1) is 27.8. The smallest absolute Gasteiger partial charge is 0.244 e. The van der Waals surface area contributed by atoms with Crippen LogP contribution < -0.4 is 19.1 Å². The SMILES string of the molecule is CCS(=O)(=O)N(CC(=O)N(Cc1ccccc1C)[C@H](C)C(=O)NC1CCCCC1)c1ccc2c(c1)OCO2. The fraction of sp³-hybridized carbons (Fsp3) is 0.500. The maximum absolute atomic E-state index is 13.9. The summed E-state index contributed by atoms with van der Waals surface area (Å²) in [7, 11) is -3.82. The summed E-state index contributed by atoms with van der Waals surface area (Å²) in [6.07, 6.45) is 5.17. The summed E-state index contributed by atoms with van der Waals surface area (Å²) in [5.41, 5.74) is 2.18. The zero-order chi connectivity index (χ0) is 27.3. The minimum absolute atomic E-state index is 0.0517. The molecular formula is C28H37N3O6S. The van der Waals surface area contributed by atoms with Gasteiger partial charge in [-0.05, 0) is 56.9 Å². The van der Waals surface area contributed by atoms with Gasteiger partial charge in [-0.1, -0.05) is 43.5 Å². The molecule has 0 saturated heterocycles. The van der Waals surface area contributed by atoms with E-state index in [-0.39, 0.29) is 31.0 Å². The number of carbonyl (C=O) groups excluding carboxylic acids is 2. The molecule has 9 nitrogen and oxygen atoms in total. The molecule has 1 fully saturated rings. The van der Waals surface area contributed by atoms with E-state index in [1.807, 2.05) is 31.2 Å². The van der Waals surface area contributed by atoms with Crippen LogP contribution in [-0.2, 0) is 26.2 Å². The lowest BCUT2D eigenvalue weighted by Crippen LogP contribution is -2.53. The Morgan fingerprint density at radius 1 is 1.05 bits per heavy atom. The van der Waals surface area contributed by atoms with Crippen LogP contribution in [0, 0.1) is 6.92 Å². The van der Waals surface area contributed by atoms with Crippen LogP contribution in [0.2, 0.25) is 0 Å². The van der Waals surface area contributed by atoms with Crippen molar-refractivity contribution in [2.24, 2.45) is 0 Å². The van der Waals surface area contributed by atoms with Crippen molar-refractivity contribution in [3.63, 3.8) is 0 Å². The molecule has 1 heterocycles. The van der Waals surface area contributed by atoms with Crippen LogP contribution in [0.4, 0.5) is 5.69 Å². The fourth-order valence-corrected chi connectivity index (χ4v) is 5.94. The second-order valence-electron chi connectivity index (χ2n) is 9.91. The number of nitrogens with zero attached hydrogens (tertiary/aromatic N) is 2. The molecule has 1 atom stereocenters. The fourth-order valence-electron chi connectivity index (χ4n) is 4.88. The van der Waals surface area contributed by atoms with E-state index >= 15 is 0 Å². The molecule has 0 aromatic heterocycles. The van der Waals surface area contributed by atoms with Crippen molar-refractivity contribution in [1.29, 1.82) is 0 Å². The molecule has 0 unspecified atom stereocenters. The predicted molar refractivity (Wildman–Crippen MR) is 146 cm³/mol. The molecule has 2 aromatic carbocycles. The van der Waals surface area contributed by atoms with E-state index < -0.39 is 28.5 Å². The lowest BCUT2D eigenvalue weighted by molar-refractivity contribution is -0.139. The Morgan fingerprint density at radius 3 is 2.47 bits per heavy atom. The molecule has 10 heteroatoms. The van der Waals surface area contributed by atoms with Gasteiger partial charge in [0.05, 0.1) is 11.4 Å². The van der Waals surface area contributed by atoms with Gasteiger partial charge in [-0.3, -0.25) is 13.9 Å². The third-order valence-corrected chi connectivity index (χ3v) is 9.09. The molecule has 0 spiro atoms. The van der Waals surface area contributed by atoms with Gasteiger partial charge in [-0.25, -0.2) is 8.42 Å². The summed E-state index contributed by atoms with van der Waals surface area (Å²) >= 11 is 0. The summed E-state index contributed by atoms with van der Waals surface area (Å²) < 4.78 is 38.2. The van der Waals surface area contributed by atoms with Crippen LogP contribution in [0.1, 0.15) is 57.1 Å². The number of sulfonamides is 1. The van der Waals surface area contributed by atoms with Crippen LogP contribution in [0.3, 0.4) is 0 Å². The second-order valence-corrected chi connectivity index (χ2v) is 12.1. The monoisotopic (exact) mass is 543 g/mol. The number of nitrogens with one attached hydrogen (secondary N) is 1. The molecular weight excluding hydrogens is 506 g/mol. The summed E-state index contributed by atoms with van der Waals surface area (Å²) in [6.45, 7) is 4.98. The van der Waals surface area contributed by atoms with Crippen LogP contribution in [-0.4, -0.2) is 56.3 Å². The number of carbonyl (C=O) groups is 2. The number of benzene rings is 2. The predicted octanol–water partition coefficient (Wildman–Crippen LogP) is 3.75. The molecule has 38 heavy (non-hydrogen) atoms. The highest BCUT2D eigenvalue weighted by Gasteiger charge is 2.32. The van der Waals surface area contributed by atoms with Gasteiger partial charge in [0.25, 0.3) is 0 Å². The van der Waals surface area contributed by atoms with Crippen molar-refractivity contribution in [2.75, 3.05) is 23.4 Å². The van der Waals surface area contributed by atoms with Gasteiger partial charge in [-0.2, -0.15) is 0 Å². The molecule has 1 aliphatic carbocycles. The Bertz CT molecular complexity index is 1260. The highest BCUT2D eigenvalue weighted by atomic mass is 32.2. The highest BCUT2D eigenvalue weighted by Crippen LogP contribution is 2.36. The normalized spacial score (nSPS) is 16.1. The Balaban J connectivity index is 1.61. The molecule has 206 valence electrons. The van der Waals surface area contributed by atoms with Crippen molar-refractivity contribution < 1.29 is 27.5 Å². The number of hydrogen-bond acceptors (Lipinski definition) is 6. The number of fused-ring (bicyclic) bond motifs is 1. The summed E-state index contributed by atoms with van der Waals surface area (Å²) in [5.74, 6) is 0.0527. The van der Waals surface area contributed by atoms with Gasteiger partial charge in [0, 0.05) is 18.7 Å². The Labute approximate surface area is 225 Å². The summed E-state index contributed by atoms with van der Waals surface area (Å²) in [6, 6.07) is 11.8. The highest BCUT2D eigenvalue weighted by molar-refractivity contribution is 7.92. The van der Waals surface area contributed by atoms with Gasteiger partial charge in [0.1, 0.15) is 12.6 Å². The lowest BCUT2D eigenvalue weighted by Gasteiger charge is -2.33. The second kappa shape index (κ2) is 12.1. The minimum Gasteiger partial charge on any atom is -0.454 e. The summed E-state index contributed by atoms with van der Waals surface area (Å²) in [4.78, 5) is 28.6. The average Bonchev–Trinajstić information content (AvgIpc) is 3.39. The number of amides is 2. The molecule has 2 amide bonds. The first-order valence-corrected chi connectivity index (χ1v) is 14.8. The van der Waals surface area contributed by atoms with Gasteiger partial charge in [-0.15, -0.1) is 0 Å². The molecule has 1 N–H and O–H groups in total. The van der Waals surface area contributed by atoms with Crippen LogP contribution in [0.15, 0.2) is 42.5 Å². The van der Waals surface area contributed by atoms with Gasteiger partial charge >= 0.3 is 0 Å². The zero-order valence-corrected chi connectivity index (χ0v) is 23.1. The number of ether oxygens (including phenoxy) is 2. The maximum Gasteiger partial charge on any atom is 0.244 e. The van der Waals surface area contributed by atoms with Crippen LogP contribution in [0.5, 0.6) is 11.5 Å². The van der Waals surface area contributed by atoms with E-state index in [0.29, 0.717) is 17.2 Å².